The lowest BCUT2D eigenvalue weighted by molar-refractivity contribution is -0.130. The molecule has 138 valence electrons. The van der Waals surface area contributed by atoms with Gasteiger partial charge in [-0.2, -0.15) is 0 Å². The Morgan fingerprint density at radius 3 is 2.52 bits per heavy atom. The molecule has 25 heavy (non-hydrogen) atoms. The van der Waals surface area contributed by atoms with Crippen LogP contribution in [0.5, 0.6) is 0 Å². The van der Waals surface area contributed by atoms with Crippen molar-refractivity contribution >= 4 is 27.5 Å². The van der Waals surface area contributed by atoms with E-state index in [1.807, 2.05) is 4.90 Å². The summed E-state index contributed by atoms with van der Waals surface area (Å²) in [7, 11) is -2.85. The van der Waals surface area contributed by atoms with Crippen LogP contribution >= 0.6 is 11.8 Å². The number of carbonyl (C=O) groups excluding carboxylic acids is 1. The molecule has 1 aromatic rings. The van der Waals surface area contributed by atoms with Crippen molar-refractivity contribution in [3.63, 3.8) is 0 Å². The number of aryl methyl sites for hydroxylation is 2. The first kappa shape index (κ1) is 18.7. The molecule has 0 aromatic heterocycles. The lowest BCUT2D eigenvalue weighted by atomic mass is 10.2. The second kappa shape index (κ2) is 7.68. The van der Waals surface area contributed by atoms with Crippen LogP contribution in [0.15, 0.2) is 23.1 Å². The Morgan fingerprint density at radius 1 is 1.20 bits per heavy atom. The average Bonchev–Trinajstić information content (AvgIpc) is 2.94. The van der Waals surface area contributed by atoms with E-state index in [1.165, 1.54) is 11.1 Å². The first-order valence-electron chi connectivity index (χ1n) is 8.76. The average molecular weight is 383 g/mol. The number of thioether (sulfide) groups is 1. The second-order valence-electron chi connectivity index (χ2n) is 7.03. The van der Waals surface area contributed by atoms with Crippen molar-refractivity contribution < 1.29 is 13.2 Å². The van der Waals surface area contributed by atoms with Crippen molar-refractivity contribution in [1.29, 1.82) is 0 Å². The van der Waals surface area contributed by atoms with Crippen LogP contribution in [0.25, 0.3) is 0 Å². The third-order valence-corrected chi connectivity index (χ3v) is 7.98. The quantitative estimate of drug-likeness (QED) is 0.743. The molecule has 2 aliphatic rings. The third kappa shape index (κ3) is 4.77. The van der Waals surface area contributed by atoms with Crippen LogP contribution in [0.2, 0.25) is 0 Å². The van der Waals surface area contributed by atoms with Crippen molar-refractivity contribution in [3.05, 3.63) is 29.3 Å². The van der Waals surface area contributed by atoms with E-state index >= 15 is 0 Å². The van der Waals surface area contributed by atoms with Crippen LogP contribution in [-0.4, -0.2) is 73.6 Å². The topological polar surface area (TPSA) is 57.7 Å². The van der Waals surface area contributed by atoms with Crippen molar-refractivity contribution in [2.75, 3.05) is 43.4 Å². The van der Waals surface area contributed by atoms with E-state index in [4.69, 9.17) is 0 Å². The van der Waals surface area contributed by atoms with Crippen molar-refractivity contribution in [3.8, 4) is 0 Å². The van der Waals surface area contributed by atoms with Crippen LogP contribution in [0.1, 0.15) is 17.5 Å². The predicted octanol–water partition coefficient (Wildman–Crippen LogP) is 1.73. The van der Waals surface area contributed by atoms with Gasteiger partial charge in [0.1, 0.15) is 0 Å². The molecule has 0 spiro atoms. The number of nitrogens with zero attached hydrogens (tertiary/aromatic N) is 2. The predicted molar refractivity (Wildman–Crippen MR) is 102 cm³/mol. The first-order chi connectivity index (χ1) is 11.8. The van der Waals surface area contributed by atoms with Crippen LogP contribution in [0, 0.1) is 13.8 Å². The molecule has 1 aromatic carbocycles. The zero-order valence-electron chi connectivity index (χ0n) is 14.9. The molecular weight excluding hydrogens is 356 g/mol. The fourth-order valence-corrected chi connectivity index (χ4v) is 6.27. The molecule has 0 aliphatic carbocycles. The van der Waals surface area contributed by atoms with E-state index in [0.717, 1.165) is 24.4 Å². The Hall–Kier alpha value is -1.05. The van der Waals surface area contributed by atoms with Gasteiger partial charge in [-0.3, -0.25) is 9.69 Å². The maximum Gasteiger partial charge on any atom is 0.233 e. The highest BCUT2D eigenvalue weighted by Crippen LogP contribution is 2.24. The molecule has 3 rings (SSSR count). The van der Waals surface area contributed by atoms with Gasteiger partial charge in [0, 0.05) is 37.1 Å². The maximum atomic E-state index is 12.5. The van der Waals surface area contributed by atoms with E-state index in [-0.39, 0.29) is 17.7 Å². The number of hydrogen-bond donors (Lipinski definition) is 0. The highest BCUT2D eigenvalue weighted by atomic mass is 32.2. The van der Waals surface area contributed by atoms with Gasteiger partial charge in [0.2, 0.25) is 5.91 Å². The molecule has 2 aliphatic heterocycles. The smallest absolute Gasteiger partial charge is 0.233 e. The summed E-state index contributed by atoms with van der Waals surface area (Å²) >= 11 is 1.60. The van der Waals surface area contributed by atoms with Gasteiger partial charge in [-0.25, -0.2) is 8.42 Å². The van der Waals surface area contributed by atoms with E-state index in [2.05, 4.69) is 36.9 Å². The highest BCUT2D eigenvalue weighted by molar-refractivity contribution is 8.00. The molecule has 2 fully saturated rings. The minimum atomic E-state index is -2.85. The van der Waals surface area contributed by atoms with Crippen LogP contribution in [0.3, 0.4) is 0 Å². The number of carbonyl (C=O) groups is 1. The van der Waals surface area contributed by atoms with E-state index in [9.17, 15) is 13.2 Å². The number of rotatable bonds is 4. The van der Waals surface area contributed by atoms with Crippen molar-refractivity contribution in [2.45, 2.75) is 31.2 Å². The molecule has 0 saturated carbocycles. The molecule has 0 radical (unpaired) electrons. The monoisotopic (exact) mass is 382 g/mol. The Kier molecular flexibility index (Phi) is 5.75. The third-order valence-electron chi connectivity index (χ3n) is 5.07. The SMILES string of the molecule is Cc1ccc(SCC(=O)N2CCN([C@@H]3CCS(=O)(=O)C3)CC2)c(C)c1. The minimum Gasteiger partial charge on any atom is -0.339 e. The van der Waals surface area contributed by atoms with Gasteiger partial charge in [-0.1, -0.05) is 17.7 Å². The number of hydrogen-bond acceptors (Lipinski definition) is 5. The van der Waals surface area contributed by atoms with Gasteiger partial charge in [-0.15, -0.1) is 11.8 Å². The molecule has 1 atom stereocenters. The van der Waals surface area contributed by atoms with Crippen LogP contribution in [-0.2, 0) is 14.6 Å². The summed E-state index contributed by atoms with van der Waals surface area (Å²) < 4.78 is 23.3. The summed E-state index contributed by atoms with van der Waals surface area (Å²) in [5.74, 6) is 1.22. The standard InChI is InChI=1S/C18H26N2O3S2/c1-14-3-4-17(15(2)11-14)24-12-18(21)20-8-6-19(7-9-20)16-5-10-25(22,23)13-16/h3-4,11,16H,5-10,12-13H2,1-2H3/t16-/m1/s1. The summed E-state index contributed by atoms with van der Waals surface area (Å²) in [5.41, 5.74) is 2.45. The molecule has 2 saturated heterocycles. The van der Waals surface area contributed by atoms with Crippen molar-refractivity contribution in [2.24, 2.45) is 0 Å². The number of sulfone groups is 1. The van der Waals surface area contributed by atoms with Crippen LogP contribution in [0.4, 0.5) is 0 Å². The fourth-order valence-electron chi connectivity index (χ4n) is 3.59. The zero-order valence-corrected chi connectivity index (χ0v) is 16.5. The zero-order chi connectivity index (χ0) is 18.0. The van der Waals surface area contributed by atoms with Gasteiger partial charge in [0.25, 0.3) is 0 Å². The number of benzene rings is 1. The first-order valence-corrected chi connectivity index (χ1v) is 11.6. The molecule has 0 bridgehead atoms. The highest BCUT2D eigenvalue weighted by Gasteiger charge is 2.34. The minimum absolute atomic E-state index is 0.145. The molecular formula is C18H26N2O3S2. The molecule has 0 unspecified atom stereocenters. The Morgan fingerprint density at radius 2 is 1.92 bits per heavy atom. The summed E-state index contributed by atoms with van der Waals surface area (Å²) in [6.45, 7) is 7.10. The Balaban J connectivity index is 1.47. The lowest BCUT2D eigenvalue weighted by Gasteiger charge is -2.37. The van der Waals surface area contributed by atoms with Gasteiger partial charge < -0.3 is 4.90 Å². The van der Waals surface area contributed by atoms with E-state index in [0.29, 0.717) is 24.6 Å². The fraction of sp³-hybridized carbons (Fsp3) is 0.611. The lowest BCUT2D eigenvalue weighted by Crippen LogP contribution is -2.52. The maximum absolute atomic E-state index is 12.5. The van der Waals surface area contributed by atoms with Gasteiger partial charge in [-0.05, 0) is 31.9 Å². The molecule has 5 nitrogen and oxygen atoms in total. The van der Waals surface area contributed by atoms with E-state index < -0.39 is 9.84 Å². The summed E-state index contributed by atoms with van der Waals surface area (Å²) in [5, 5.41) is 0. The van der Waals surface area contributed by atoms with Gasteiger partial charge in [0.05, 0.1) is 17.3 Å². The van der Waals surface area contributed by atoms with Gasteiger partial charge in [0.15, 0.2) is 9.84 Å². The normalized spacial score (nSPS) is 23.8. The molecule has 1 amide bonds. The Labute approximate surface area is 154 Å². The second-order valence-corrected chi connectivity index (χ2v) is 10.3. The van der Waals surface area contributed by atoms with Crippen molar-refractivity contribution in [1.82, 2.24) is 9.80 Å². The summed E-state index contributed by atoms with van der Waals surface area (Å²) in [6.07, 6.45) is 0.735. The number of piperazine rings is 1. The molecule has 7 heteroatoms. The summed E-state index contributed by atoms with van der Waals surface area (Å²) in [6, 6.07) is 6.45. The Bertz CT molecular complexity index is 741. The van der Waals surface area contributed by atoms with Crippen LogP contribution < -0.4 is 0 Å². The molecule has 2 heterocycles. The number of amides is 1. The largest absolute Gasteiger partial charge is 0.339 e. The van der Waals surface area contributed by atoms with E-state index in [1.54, 1.807) is 11.8 Å². The summed E-state index contributed by atoms with van der Waals surface area (Å²) in [4.78, 5) is 17.8. The molecule has 0 N–H and O–H groups in total. The van der Waals surface area contributed by atoms with Gasteiger partial charge >= 0.3 is 0 Å².